The van der Waals surface area contributed by atoms with E-state index in [0.29, 0.717) is 49.6 Å². The number of fused-ring (bicyclic) bond motifs is 4. The number of aliphatic hydroxyl groups excluding tert-OH is 1. The smallest absolute Gasteiger partial charge is 0.870 e. The molecule has 16 heteroatoms. The molecule has 2 heterocycles. The molecule has 0 saturated heterocycles. The van der Waals surface area contributed by atoms with E-state index in [2.05, 4.69) is 52.0 Å². The summed E-state index contributed by atoms with van der Waals surface area (Å²) in [4.78, 5) is 85.7. The van der Waals surface area contributed by atoms with Gasteiger partial charge in [0.1, 0.15) is 23.9 Å². The maximum Gasteiger partial charge on any atom is 1.00 e. The minimum Gasteiger partial charge on any atom is -0.870 e. The predicted octanol–water partition coefficient (Wildman–Crippen LogP) is 7.84. The Kier molecular flexibility index (Phi) is 22.3. The minimum absolute atomic E-state index is 0. The summed E-state index contributed by atoms with van der Waals surface area (Å²) >= 11 is 0. The van der Waals surface area contributed by atoms with Gasteiger partial charge in [-0.05, 0) is 187 Å². The van der Waals surface area contributed by atoms with Crippen molar-refractivity contribution in [1.82, 2.24) is 19.6 Å². The summed E-state index contributed by atoms with van der Waals surface area (Å²) in [6.07, 6.45) is 9.65. The van der Waals surface area contributed by atoms with Crippen LogP contribution in [-0.4, -0.2) is 140 Å². The van der Waals surface area contributed by atoms with Crippen molar-refractivity contribution in [3.8, 4) is 0 Å². The third-order valence-electron chi connectivity index (χ3n) is 16.7. The summed E-state index contributed by atoms with van der Waals surface area (Å²) in [5, 5.41) is 20.2. The van der Waals surface area contributed by atoms with Crippen LogP contribution in [0.1, 0.15) is 169 Å². The summed E-state index contributed by atoms with van der Waals surface area (Å²) in [6, 6.07) is 14.8. The number of Topliss-reactive ketones (excluding diaryl/α,β-unsaturated/α-hetero) is 1. The molecule has 0 spiro atoms. The number of ether oxygens (including phenoxy) is 2. The summed E-state index contributed by atoms with van der Waals surface area (Å²) in [5.74, 6) is -0.187. The van der Waals surface area contributed by atoms with Gasteiger partial charge in [-0.1, -0.05) is 76.2 Å². The van der Waals surface area contributed by atoms with Crippen LogP contribution in [0.4, 0.5) is 9.59 Å². The van der Waals surface area contributed by atoms with Crippen molar-refractivity contribution < 1.29 is 72.8 Å². The number of ketones is 1. The average molecular weight is 1090 g/mol. The number of carboxylic acid groups (broad SMARTS) is 1. The van der Waals surface area contributed by atoms with Crippen molar-refractivity contribution in [3.05, 3.63) is 81.9 Å². The first-order chi connectivity index (χ1) is 36.2. The van der Waals surface area contributed by atoms with E-state index in [1.54, 1.807) is 28.8 Å². The standard InChI is InChI=1S/C32H46N2O5.C31H44N2O5.Li.H2O/c1-20(2)15-27-26-16-23-9-7-8-10-24(23)25(26)17-28(29(36)19-35)34(27)30(37)22-13-11-21(12-14-22)18-33(6)31(38)39-32(3,4)5;1-19(2)15-26-25-16-22-9-7-8-10-23(22)24(25)17-27(29(35)36)33(26)28(34)21-13-11-20(12-14-21)18-32(6)30(37)38-31(3,4)5;;/h7-10,20-22,27-28,35H,11-19H2,1-6H3;7-10,19-21,26-27H,11-18H2,1-6H3,(H,35,36);;1H2/q;;+1;/p-1. The number of aliphatic carboxylic acids is 1. The van der Waals surface area contributed by atoms with Gasteiger partial charge in [0.25, 0.3) is 0 Å². The van der Waals surface area contributed by atoms with Crippen molar-refractivity contribution in [2.75, 3.05) is 33.8 Å². The second-order valence-corrected chi connectivity index (χ2v) is 26.0. The molecule has 2 saturated carbocycles. The van der Waals surface area contributed by atoms with Crippen molar-refractivity contribution in [3.63, 3.8) is 0 Å². The molecule has 4 amide bonds. The summed E-state index contributed by atoms with van der Waals surface area (Å²) < 4.78 is 11.0. The summed E-state index contributed by atoms with van der Waals surface area (Å²) in [6.45, 7) is 20.4. The summed E-state index contributed by atoms with van der Waals surface area (Å²) in [5.41, 5.74) is 8.61. The molecule has 430 valence electrons. The van der Waals surface area contributed by atoms with Gasteiger partial charge in [-0.2, -0.15) is 0 Å². The average Bonchev–Trinajstić information content (AvgIpc) is 4.08. The zero-order valence-corrected chi connectivity index (χ0v) is 49.8. The number of benzene rings is 2. The van der Waals surface area contributed by atoms with Gasteiger partial charge >= 0.3 is 37.0 Å². The Bertz CT molecular complexity index is 2560. The first kappa shape index (κ1) is 64.9. The van der Waals surface area contributed by atoms with Crippen LogP contribution in [0, 0.1) is 35.5 Å². The molecule has 2 aromatic rings. The molecule has 0 radical (unpaired) electrons. The first-order valence-corrected chi connectivity index (χ1v) is 28.7. The van der Waals surface area contributed by atoms with Crippen molar-refractivity contribution in [2.24, 2.45) is 35.5 Å². The van der Waals surface area contributed by atoms with Crippen molar-refractivity contribution in [1.29, 1.82) is 0 Å². The second-order valence-electron chi connectivity index (χ2n) is 26.0. The van der Waals surface area contributed by atoms with Crippen LogP contribution < -0.4 is 18.9 Å². The number of rotatable bonds is 13. The molecule has 0 aromatic heterocycles. The largest absolute Gasteiger partial charge is 1.00 e. The number of carbonyl (C=O) groups is 6. The maximum absolute atomic E-state index is 14.2. The maximum atomic E-state index is 14.2. The molecule has 3 N–H and O–H groups in total. The molecular formula is C63H91LiN4O11. The monoisotopic (exact) mass is 1090 g/mol. The van der Waals surface area contributed by atoms with E-state index in [-0.39, 0.29) is 78.0 Å². The Hall–Kier alpha value is -4.94. The Morgan fingerprint density at radius 3 is 1.29 bits per heavy atom. The van der Waals surface area contributed by atoms with E-state index in [0.717, 1.165) is 88.2 Å². The van der Waals surface area contributed by atoms with Crippen LogP contribution >= 0.6 is 0 Å². The number of carboxylic acids is 1. The van der Waals surface area contributed by atoms with Crippen LogP contribution in [0.15, 0.2) is 59.7 Å². The van der Waals surface area contributed by atoms with Gasteiger partial charge in [-0.25, -0.2) is 14.4 Å². The number of nitrogens with zero attached hydrogens (tertiary/aromatic N) is 4. The molecule has 6 aliphatic rings. The molecule has 2 aromatic carbocycles. The first-order valence-electron chi connectivity index (χ1n) is 28.7. The third-order valence-corrected chi connectivity index (χ3v) is 16.7. The molecule has 15 nitrogen and oxygen atoms in total. The molecule has 2 aliphatic heterocycles. The van der Waals surface area contributed by atoms with Crippen LogP contribution in [0.25, 0.3) is 11.1 Å². The van der Waals surface area contributed by atoms with Gasteiger partial charge in [0.2, 0.25) is 11.8 Å². The van der Waals surface area contributed by atoms with E-state index < -0.39 is 35.9 Å². The summed E-state index contributed by atoms with van der Waals surface area (Å²) in [7, 11) is 3.53. The van der Waals surface area contributed by atoms with Crippen LogP contribution in [0.2, 0.25) is 0 Å². The van der Waals surface area contributed by atoms with Gasteiger partial charge < -0.3 is 44.8 Å². The normalized spacial score (nSPS) is 24.4. The molecule has 8 rings (SSSR count). The molecule has 4 unspecified atom stereocenters. The van der Waals surface area contributed by atoms with Gasteiger partial charge in [-0.3, -0.25) is 14.4 Å². The molecule has 4 aliphatic carbocycles. The zero-order chi connectivity index (χ0) is 56.3. The number of hydrogen-bond donors (Lipinski definition) is 2. The van der Waals surface area contributed by atoms with Crippen LogP contribution in [-0.2, 0) is 41.5 Å². The molecular weight excluding hydrogens is 996 g/mol. The van der Waals surface area contributed by atoms with Gasteiger partial charge in [0.05, 0.1) is 18.1 Å². The fraction of sp³-hybridized carbons (Fsp3) is 0.651. The molecule has 0 bridgehead atoms. The molecule has 79 heavy (non-hydrogen) atoms. The Morgan fingerprint density at radius 1 is 0.595 bits per heavy atom. The number of carbonyl (C=O) groups excluding carboxylic acids is 5. The quantitative estimate of drug-likeness (QED) is 0.185. The van der Waals surface area contributed by atoms with E-state index in [1.807, 2.05) is 70.7 Å². The third kappa shape index (κ3) is 15.7. The van der Waals surface area contributed by atoms with Crippen molar-refractivity contribution in [2.45, 2.75) is 194 Å². The minimum atomic E-state index is -0.921. The van der Waals surface area contributed by atoms with Crippen LogP contribution in [0.3, 0.4) is 0 Å². The van der Waals surface area contributed by atoms with E-state index >= 15 is 0 Å². The fourth-order valence-corrected chi connectivity index (χ4v) is 13.2. The van der Waals surface area contributed by atoms with E-state index in [9.17, 15) is 39.0 Å². The van der Waals surface area contributed by atoms with E-state index in [1.165, 1.54) is 33.4 Å². The molecule has 2 fully saturated rings. The Labute approximate surface area is 482 Å². The van der Waals surface area contributed by atoms with E-state index in [4.69, 9.17) is 9.47 Å². The zero-order valence-electron chi connectivity index (χ0n) is 49.8. The SMILES string of the molecule is CC(C)CC1C2=C(CC(C(=O)CO)N1C(=O)C1CCC(CN(C)C(=O)OC(C)(C)C)CC1)c1ccccc1C2.CC(C)CC1C2=C(CC(C(=O)O)N1C(=O)C1CCC(CN(C)C(=O)OC(C)(C)C)CC1)c1ccccc1C2.[Li+].[OH-]. The Balaban J connectivity index is 0.000000284. The van der Waals surface area contributed by atoms with Gasteiger partial charge in [-0.15, -0.1) is 0 Å². The second kappa shape index (κ2) is 27.2. The molecule has 4 atom stereocenters. The number of aliphatic hydroxyl groups is 1. The number of amides is 4. The number of hydrogen-bond acceptors (Lipinski definition) is 10. The Morgan fingerprint density at radius 2 is 0.949 bits per heavy atom. The van der Waals surface area contributed by atoms with Crippen LogP contribution in [0.5, 0.6) is 0 Å². The predicted molar refractivity (Wildman–Crippen MR) is 301 cm³/mol. The van der Waals surface area contributed by atoms with Gasteiger partial charge in [0.15, 0.2) is 5.78 Å². The van der Waals surface area contributed by atoms with Gasteiger partial charge in [0, 0.05) is 51.9 Å². The topological polar surface area (TPSA) is 204 Å². The fourth-order valence-electron chi connectivity index (χ4n) is 13.2. The van der Waals surface area contributed by atoms with Crippen molar-refractivity contribution >= 4 is 46.9 Å².